The first-order valence-electron chi connectivity index (χ1n) is 11.2. The molecule has 2 heterocycles. The fourth-order valence-corrected chi connectivity index (χ4v) is 4.01. The zero-order valence-corrected chi connectivity index (χ0v) is 20.3. The van der Waals surface area contributed by atoms with Crippen molar-refractivity contribution in [1.82, 2.24) is 14.8 Å². The van der Waals surface area contributed by atoms with Gasteiger partial charge < -0.3 is 19.6 Å². The van der Waals surface area contributed by atoms with Gasteiger partial charge in [0.1, 0.15) is 11.5 Å². The molecule has 1 aromatic carbocycles. The number of benzene rings is 1. The maximum absolute atomic E-state index is 13.1. The molecule has 0 bridgehead atoms. The zero-order chi connectivity index (χ0) is 24.3. The number of rotatable bonds is 7. The molecule has 1 atom stereocenters. The maximum Gasteiger partial charge on any atom is 0.295 e. The quantitative estimate of drug-likeness (QED) is 0.392. The fourth-order valence-electron chi connectivity index (χ4n) is 4.01. The first-order chi connectivity index (χ1) is 15.6. The Kier molecular flexibility index (Phi) is 7.22. The number of hydrogen-bond donors (Lipinski definition) is 1. The van der Waals surface area contributed by atoms with E-state index >= 15 is 0 Å². The van der Waals surface area contributed by atoms with Gasteiger partial charge >= 0.3 is 0 Å². The molecule has 3 rings (SSSR count). The Morgan fingerprint density at radius 2 is 1.82 bits per heavy atom. The van der Waals surface area contributed by atoms with Crippen LogP contribution in [0.15, 0.2) is 48.3 Å². The van der Waals surface area contributed by atoms with Gasteiger partial charge in [0.05, 0.1) is 18.2 Å². The lowest BCUT2D eigenvalue weighted by atomic mass is 9.84. The van der Waals surface area contributed by atoms with Crippen LogP contribution in [0.5, 0.6) is 5.75 Å². The van der Waals surface area contributed by atoms with Gasteiger partial charge in [0.15, 0.2) is 0 Å². The van der Waals surface area contributed by atoms with E-state index in [0.717, 1.165) is 16.9 Å². The Balaban J connectivity index is 2.17. The normalized spacial score (nSPS) is 18.3. The Bertz CT molecular complexity index is 1050. The Labute approximate surface area is 195 Å². The number of amides is 1. The number of aliphatic hydroxyl groups is 1. The van der Waals surface area contributed by atoms with Crippen molar-refractivity contribution < 1.29 is 19.4 Å². The summed E-state index contributed by atoms with van der Waals surface area (Å²) >= 11 is 0. The summed E-state index contributed by atoms with van der Waals surface area (Å²) in [5, 5.41) is 11.4. The van der Waals surface area contributed by atoms with E-state index in [0.29, 0.717) is 25.3 Å². The number of likely N-dealkylation sites (N-methyl/N-ethyl adjacent to an activating group) is 1. The second-order valence-corrected chi connectivity index (χ2v) is 9.47. The first-order valence-corrected chi connectivity index (χ1v) is 11.2. The number of Topliss-reactive ketones (excluding diaryl/α,β-unsaturated/α-hetero) is 1. The summed E-state index contributed by atoms with van der Waals surface area (Å²) in [5.74, 6) is -0.740. The van der Waals surface area contributed by atoms with E-state index < -0.39 is 17.7 Å². The van der Waals surface area contributed by atoms with Gasteiger partial charge in [-0.2, -0.15) is 0 Å². The SMILES string of the molecule is CCOc1ccc(/C(O)=C2/C(=O)C(=O)N(CCN(C)C)C2c2ccncc2)cc1C(C)(C)C. The molecule has 1 saturated heterocycles. The molecule has 176 valence electrons. The standard InChI is InChI=1S/C26H33N3O4/c1-7-33-20-9-8-18(16-19(20)26(2,3)4)23(30)21-22(17-10-12-27-13-11-17)29(15-14-28(5)6)25(32)24(21)31/h8-13,16,22,30H,7,14-15H2,1-6H3/b23-21-. The molecule has 1 aromatic heterocycles. The number of nitrogens with zero attached hydrogens (tertiary/aromatic N) is 3. The third-order valence-electron chi connectivity index (χ3n) is 5.71. The smallest absolute Gasteiger partial charge is 0.295 e. The minimum atomic E-state index is -0.683. The topological polar surface area (TPSA) is 83.0 Å². The van der Waals surface area contributed by atoms with Crippen LogP contribution in [0.3, 0.4) is 0 Å². The van der Waals surface area contributed by atoms with Crippen molar-refractivity contribution in [3.8, 4) is 5.75 Å². The van der Waals surface area contributed by atoms with Crippen LogP contribution in [0.1, 0.15) is 50.4 Å². The van der Waals surface area contributed by atoms with Gasteiger partial charge in [0.2, 0.25) is 0 Å². The van der Waals surface area contributed by atoms with Crippen molar-refractivity contribution in [2.75, 3.05) is 33.8 Å². The maximum atomic E-state index is 13.1. The second kappa shape index (κ2) is 9.75. The van der Waals surface area contributed by atoms with Gasteiger partial charge in [-0.3, -0.25) is 14.6 Å². The number of carbonyl (C=O) groups is 2. The first kappa shape index (κ1) is 24.5. The van der Waals surface area contributed by atoms with Gasteiger partial charge in [-0.15, -0.1) is 0 Å². The Hall–Kier alpha value is -3.19. The molecule has 0 aliphatic carbocycles. The van der Waals surface area contributed by atoms with Crippen molar-refractivity contribution in [3.05, 3.63) is 65.0 Å². The van der Waals surface area contributed by atoms with E-state index in [2.05, 4.69) is 25.8 Å². The van der Waals surface area contributed by atoms with Crippen molar-refractivity contribution in [2.24, 2.45) is 0 Å². The molecular weight excluding hydrogens is 418 g/mol. The molecule has 1 N–H and O–H groups in total. The van der Waals surface area contributed by atoms with Crippen molar-refractivity contribution in [2.45, 2.75) is 39.2 Å². The van der Waals surface area contributed by atoms with E-state index in [1.807, 2.05) is 38.1 Å². The van der Waals surface area contributed by atoms with Crippen molar-refractivity contribution >= 4 is 17.4 Å². The zero-order valence-electron chi connectivity index (χ0n) is 20.3. The van der Waals surface area contributed by atoms with Crippen LogP contribution in [0, 0.1) is 0 Å². The molecule has 1 aliphatic rings. The Morgan fingerprint density at radius 1 is 1.15 bits per heavy atom. The summed E-state index contributed by atoms with van der Waals surface area (Å²) in [6.45, 7) is 9.57. The van der Waals surface area contributed by atoms with Crippen LogP contribution in [-0.2, 0) is 15.0 Å². The molecule has 0 saturated carbocycles. The van der Waals surface area contributed by atoms with Crippen molar-refractivity contribution in [1.29, 1.82) is 0 Å². The second-order valence-electron chi connectivity index (χ2n) is 9.47. The van der Waals surface area contributed by atoms with Crippen LogP contribution >= 0.6 is 0 Å². The van der Waals surface area contributed by atoms with Gasteiger partial charge in [-0.05, 0) is 62.3 Å². The van der Waals surface area contributed by atoms with Gasteiger partial charge in [0, 0.05) is 36.6 Å². The highest BCUT2D eigenvalue weighted by molar-refractivity contribution is 6.46. The van der Waals surface area contributed by atoms with Crippen LogP contribution in [0.4, 0.5) is 0 Å². The summed E-state index contributed by atoms with van der Waals surface area (Å²) in [6.07, 6.45) is 3.24. The van der Waals surface area contributed by atoms with E-state index in [1.165, 1.54) is 4.90 Å². The summed E-state index contributed by atoms with van der Waals surface area (Å²) in [6, 6.07) is 8.24. The molecule has 1 unspecified atom stereocenters. The average molecular weight is 452 g/mol. The third-order valence-corrected chi connectivity index (χ3v) is 5.71. The van der Waals surface area contributed by atoms with Crippen molar-refractivity contribution in [3.63, 3.8) is 0 Å². The highest BCUT2D eigenvalue weighted by atomic mass is 16.5. The number of aliphatic hydroxyl groups excluding tert-OH is 1. The fraction of sp³-hybridized carbons (Fsp3) is 0.423. The number of hydrogen-bond acceptors (Lipinski definition) is 6. The molecule has 33 heavy (non-hydrogen) atoms. The molecule has 0 spiro atoms. The summed E-state index contributed by atoms with van der Waals surface area (Å²) in [5.41, 5.74) is 1.97. The number of pyridine rings is 1. The van der Waals surface area contributed by atoms with Crippen LogP contribution < -0.4 is 4.74 Å². The molecule has 1 fully saturated rings. The molecule has 1 amide bonds. The number of aromatic nitrogens is 1. The highest BCUT2D eigenvalue weighted by Gasteiger charge is 2.46. The van der Waals surface area contributed by atoms with Gasteiger partial charge in [-0.1, -0.05) is 20.8 Å². The summed E-state index contributed by atoms with van der Waals surface area (Å²) < 4.78 is 5.79. The highest BCUT2D eigenvalue weighted by Crippen LogP contribution is 2.40. The lowest BCUT2D eigenvalue weighted by Crippen LogP contribution is -2.35. The molecule has 7 nitrogen and oxygen atoms in total. The lowest BCUT2D eigenvalue weighted by Gasteiger charge is -2.27. The van der Waals surface area contributed by atoms with Gasteiger partial charge in [-0.25, -0.2) is 0 Å². The van der Waals surface area contributed by atoms with Crippen LogP contribution in [0.25, 0.3) is 5.76 Å². The minimum Gasteiger partial charge on any atom is -0.507 e. The molecule has 1 aliphatic heterocycles. The van der Waals surface area contributed by atoms with E-state index in [-0.39, 0.29) is 16.7 Å². The van der Waals surface area contributed by atoms with Gasteiger partial charge in [0.25, 0.3) is 11.7 Å². The number of carbonyl (C=O) groups excluding carboxylic acids is 2. The molecule has 7 heteroatoms. The number of likely N-dealkylation sites (tertiary alicyclic amines) is 1. The van der Waals surface area contributed by atoms with Crippen LogP contribution in [0.2, 0.25) is 0 Å². The predicted octanol–water partition coefficient (Wildman–Crippen LogP) is 3.76. The molecule has 2 aromatic rings. The minimum absolute atomic E-state index is 0.0916. The lowest BCUT2D eigenvalue weighted by molar-refractivity contribution is -0.140. The monoisotopic (exact) mass is 451 g/mol. The number of ketones is 1. The number of ether oxygens (including phenoxy) is 1. The summed E-state index contributed by atoms with van der Waals surface area (Å²) in [7, 11) is 3.82. The van der Waals surface area contributed by atoms with E-state index in [9.17, 15) is 14.7 Å². The van der Waals surface area contributed by atoms with Crippen LogP contribution in [-0.4, -0.2) is 65.4 Å². The average Bonchev–Trinajstić information content (AvgIpc) is 3.02. The summed E-state index contributed by atoms with van der Waals surface area (Å²) in [4.78, 5) is 33.7. The van der Waals surface area contributed by atoms with E-state index in [1.54, 1.807) is 30.6 Å². The Morgan fingerprint density at radius 3 is 2.39 bits per heavy atom. The molecular formula is C26H33N3O4. The van der Waals surface area contributed by atoms with E-state index in [4.69, 9.17) is 4.74 Å². The third kappa shape index (κ3) is 5.09. The largest absolute Gasteiger partial charge is 0.507 e. The molecule has 0 radical (unpaired) electrons. The predicted molar refractivity (Wildman–Crippen MR) is 128 cm³/mol.